The summed E-state index contributed by atoms with van der Waals surface area (Å²) in [5, 5.41) is 3.12. The van der Waals surface area contributed by atoms with Crippen LogP contribution in [0.3, 0.4) is 0 Å². The van der Waals surface area contributed by atoms with Crippen molar-refractivity contribution < 1.29 is 8.42 Å². The molecule has 0 fully saturated rings. The Kier molecular flexibility index (Phi) is 5.31. The molecule has 0 aliphatic heterocycles. The normalized spacial score (nSPS) is 13.8. The lowest BCUT2D eigenvalue weighted by Gasteiger charge is -2.16. The minimum absolute atomic E-state index is 0.107. The van der Waals surface area contributed by atoms with Crippen LogP contribution in [0.5, 0.6) is 0 Å². The van der Waals surface area contributed by atoms with Gasteiger partial charge in [0.15, 0.2) is 0 Å². The van der Waals surface area contributed by atoms with Crippen LogP contribution in [0.15, 0.2) is 29.2 Å². The van der Waals surface area contributed by atoms with E-state index in [1.54, 1.807) is 12.1 Å². The summed E-state index contributed by atoms with van der Waals surface area (Å²) in [6, 6.07) is 7.27. The highest BCUT2D eigenvalue weighted by Crippen LogP contribution is 2.17. The molecule has 0 amide bonds. The molecule has 0 saturated carbocycles. The molecule has 0 bridgehead atoms. The van der Waals surface area contributed by atoms with Crippen molar-refractivity contribution in [2.24, 2.45) is 0 Å². The number of likely N-dealkylation sites (N-methyl/N-ethyl adjacent to an activating group) is 1. The van der Waals surface area contributed by atoms with Gasteiger partial charge in [-0.15, -0.1) is 0 Å². The van der Waals surface area contributed by atoms with Crippen LogP contribution in [0.1, 0.15) is 26.3 Å². The molecule has 0 heterocycles. The molecule has 1 aromatic rings. The molecule has 5 heteroatoms. The molecule has 18 heavy (non-hydrogen) atoms. The third-order valence-corrected chi connectivity index (χ3v) is 4.43. The van der Waals surface area contributed by atoms with Gasteiger partial charge in [0.05, 0.1) is 4.90 Å². The van der Waals surface area contributed by atoms with Crippen LogP contribution in [0, 0.1) is 0 Å². The molecule has 0 spiro atoms. The zero-order valence-corrected chi connectivity index (χ0v) is 12.2. The maximum Gasteiger partial charge on any atom is 0.241 e. The van der Waals surface area contributed by atoms with Crippen LogP contribution in [-0.4, -0.2) is 27.5 Å². The van der Waals surface area contributed by atoms with Crippen molar-refractivity contribution >= 4 is 10.0 Å². The lowest BCUT2D eigenvalue weighted by molar-refractivity contribution is 0.564. The quantitative estimate of drug-likeness (QED) is 0.824. The van der Waals surface area contributed by atoms with E-state index >= 15 is 0 Å². The number of hydrogen-bond donors (Lipinski definition) is 2. The summed E-state index contributed by atoms with van der Waals surface area (Å²) in [6.07, 6.45) is 0.686. The van der Waals surface area contributed by atoms with Gasteiger partial charge in [0.1, 0.15) is 0 Å². The van der Waals surface area contributed by atoms with E-state index in [2.05, 4.69) is 10.0 Å². The maximum atomic E-state index is 12.2. The van der Waals surface area contributed by atoms with Gasteiger partial charge in [-0.05, 0) is 45.9 Å². The summed E-state index contributed by atoms with van der Waals surface area (Å²) < 4.78 is 27.0. The molecule has 0 aromatic heterocycles. The van der Waals surface area contributed by atoms with Gasteiger partial charge in [-0.2, -0.15) is 0 Å². The van der Waals surface area contributed by atoms with Crippen molar-refractivity contribution in [2.45, 2.75) is 44.2 Å². The number of benzene rings is 1. The van der Waals surface area contributed by atoms with Gasteiger partial charge < -0.3 is 5.32 Å². The molecule has 102 valence electrons. The Labute approximate surface area is 110 Å². The van der Waals surface area contributed by atoms with Gasteiger partial charge in [0.2, 0.25) is 10.0 Å². The van der Waals surface area contributed by atoms with Gasteiger partial charge >= 0.3 is 0 Å². The van der Waals surface area contributed by atoms with Gasteiger partial charge in [0.25, 0.3) is 0 Å². The molecule has 0 radical (unpaired) electrons. The topological polar surface area (TPSA) is 58.2 Å². The summed E-state index contributed by atoms with van der Waals surface area (Å²) in [7, 11) is -1.55. The number of sulfonamides is 1. The Balaban J connectivity index is 3.09. The van der Waals surface area contributed by atoms with E-state index < -0.39 is 10.0 Å². The zero-order valence-electron chi connectivity index (χ0n) is 11.4. The lowest BCUT2D eigenvalue weighted by Crippen LogP contribution is -2.32. The minimum atomic E-state index is -3.42. The van der Waals surface area contributed by atoms with Crippen molar-refractivity contribution in [2.75, 3.05) is 7.05 Å². The summed E-state index contributed by atoms with van der Waals surface area (Å²) in [5.74, 6) is 0. The highest BCUT2D eigenvalue weighted by atomic mass is 32.2. The average Bonchev–Trinajstić information content (AvgIpc) is 2.27. The van der Waals surface area contributed by atoms with Crippen molar-refractivity contribution in [3.8, 4) is 0 Å². The fourth-order valence-corrected chi connectivity index (χ4v) is 3.24. The second-order valence-corrected chi connectivity index (χ2v) is 6.46. The van der Waals surface area contributed by atoms with Crippen LogP contribution in [0.2, 0.25) is 0 Å². The fourth-order valence-electron chi connectivity index (χ4n) is 1.74. The van der Waals surface area contributed by atoms with Gasteiger partial charge in [-0.3, -0.25) is 0 Å². The zero-order chi connectivity index (χ0) is 13.8. The Morgan fingerprint density at radius 3 is 2.33 bits per heavy atom. The molecule has 1 rings (SSSR count). The van der Waals surface area contributed by atoms with E-state index in [0.717, 1.165) is 5.56 Å². The summed E-state index contributed by atoms with van der Waals surface area (Å²) in [5.41, 5.74) is 0.840. The third-order valence-electron chi connectivity index (χ3n) is 2.67. The van der Waals surface area contributed by atoms with E-state index in [1.165, 1.54) is 0 Å². The summed E-state index contributed by atoms with van der Waals surface area (Å²) in [4.78, 5) is 0.376. The molecule has 1 unspecified atom stereocenters. The van der Waals surface area contributed by atoms with Crippen molar-refractivity contribution in [3.05, 3.63) is 29.8 Å². The lowest BCUT2D eigenvalue weighted by atomic mass is 10.1. The Hall–Kier alpha value is -0.910. The van der Waals surface area contributed by atoms with E-state index in [4.69, 9.17) is 0 Å². The molecule has 0 aliphatic rings. The SMILES string of the molecule is CNC(C)Cc1ccccc1S(=O)(=O)NC(C)C. The molecule has 0 aliphatic carbocycles. The first kappa shape index (κ1) is 15.1. The maximum absolute atomic E-state index is 12.2. The van der Waals surface area contributed by atoms with E-state index in [1.807, 2.05) is 40.0 Å². The number of rotatable bonds is 6. The predicted molar refractivity (Wildman–Crippen MR) is 74.1 cm³/mol. The standard InChI is InChI=1S/C13H22N2O2S/c1-10(2)15-18(16,17)13-8-6-5-7-12(13)9-11(3)14-4/h5-8,10-11,14-15H,9H2,1-4H3. The Morgan fingerprint density at radius 2 is 1.78 bits per heavy atom. The minimum Gasteiger partial charge on any atom is -0.317 e. The van der Waals surface area contributed by atoms with E-state index in [0.29, 0.717) is 11.3 Å². The van der Waals surface area contributed by atoms with Crippen LogP contribution < -0.4 is 10.0 Å². The Bertz CT molecular complexity index is 484. The monoisotopic (exact) mass is 270 g/mol. The molecular weight excluding hydrogens is 248 g/mol. The van der Waals surface area contributed by atoms with Crippen LogP contribution >= 0.6 is 0 Å². The summed E-state index contributed by atoms with van der Waals surface area (Å²) in [6.45, 7) is 5.66. The van der Waals surface area contributed by atoms with Gasteiger partial charge in [-0.1, -0.05) is 18.2 Å². The van der Waals surface area contributed by atoms with Crippen LogP contribution in [0.25, 0.3) is 0 Å². The van der Waals surface area contributed by atoms with E-state index in [9.17, 15) is 8.42 Å². The highest BCUT2D eigenvalue weighted by molar-refractivity contribution is 7.89. The molecule has 1 aromatic carbocycles. The van der Waals surface area contributed by atoms with Crippen molar-refractivity contribution in [1.29, 1.82) is 0 Å². The third kappa shape index (κ3) is 4.08. The van der Waals surface area contributed by atoms with Crippen LogP contribution in [-0.2, 0) is 16.4 Å². The first-order chi connectivity index (χ1) is 8.36. The van der Waals surface area contributed by atoms with E-state index in [-0.39, 0.29) is 12.1 Å². The molecule has 0 saturated heterocycles. The molecule has 1 atom stereocenters. The van der Waals surface area contributed by atoms with Crippen molar-refractivity contribution in [3.63, 3.8) is 0 Å². The largest absolute Gasteiger partial charge is 0.317 e. The highest BCUT2D eigenvalue weighted by Gasteiger charge is 2.19. The predicted octanol–water partition coefficient (Wildman–Crippen LogP) is 1.52. The molecule has 2 N–H and O–H groups in total. The fraction of sp³-hybridized carbons (Fsp3) is 0.538. The Morgan fingerprint density at radius 1 is 1.17 bits per heavy atom. The second kappa shape index (κ2) is 6.31. The first-order valence-electron chi connectivity index (χ1n) is 6.14. The molecule has 4 nitrogen and oxygen atoms in total. The summed E-state index contributed by atoms with van der Waals surface area (Å²) >= 11 is 0. The molecular formula is C13H22N2O2S. The van der Waals surface area contributed by atoms with Crippen LogP contribution in [0.4, 0.5) is 0 Å². The van der Waals surface area contributed by atoms with Crippen molar-refractivity contribution in [1.82, 2.24) is 10.0 Å². The first-order valence-corrected chi connectivity index (χ1v) is 7.62. The second-order valence-electron chi connectivity index (χ2n) is 4.78. The van der Waals surface area contributed by atoms with Gasteiger partial charge in [-0.25, -0.2) is 13.1 Å². The van der Waals surface area contributed by atoms with Gasteiger partial charge in [0, 0.05) is 12.1 Å². The number of hydrogen-bond acceptors (Lipinski definition) is 3. The average molecular weight is 270 g/mol. The smallest absolute Gasteiger partial charge is 0.241 e. The number of nitrogens with one attached hydrogen (secondary N) is 2.